The molecule has 134 valence electrons. The maximum atomic E-state index is 6.44. The molecule has 0 amide bonds. The number of fused-ring (bicyclic) bond motifs is 1. The van der Waals surface area contributed by atoms with E-state index < -0.39 is 8.32 Å². The van der Waals surface area contributed by atoms with Gasteiger partial charge in [-0.05, 0) is 65.4 Å². The molecule has 0 unspecified atom stereocenters. The van der Waals surface area contributed by atoms with E-state index in [0.717, 1.165) is 13.0 Å². The molecule has 24 heavy (non-hydrogen) atoms. The zero-order chi connectivity index (χ0) is 18.2. The van der Waals surface area contributed by atoms with E-state index in [1.165, 1.54) is 29.5 Å². The van der Waals surface area contributed by atoms with Crippen LogP contribution in [0.2, 0.25) is 18.1 Å². The Bertz CT molecular complexity index is 592. The smallest absolute Gasteiger partial charge is 0.192 e. The minimum absolute atomic E-state index is 0.259. The Morgan fingerprint density at radius 1 is 1.29 bits per heavy atom. The molecule has 0 aliphatic heterocycles. The summed E-state index contributed by atoms with van der Waals surface area (Å²) in [6, 6.07) is 7.05. The molecule has 1 atom stereocenters. The molecule has 1 nitrogen and oxygen atoms in total. The van der Waals surface area contributed by atoms with Gasteiger partial charge in [-0.2, -0.15) is 0 Å². The molecular weight excluding hydrogens is 308 g/mol. The van der Waals surface area contributed by atoms with E-state index in [4.69, 9.17) is 4.43 Å². The van der Waals surface area contributed by atoms with Gasteiger partial charge in [0.1, 0.15) is 0 Å². The third-order valence-electron chi connectivity index (χ3n) is 6.26. The molecule has 0 heterocycles. The fraction of sp³-hybridized carbons (Fsp3) is 0.636. The summed E-state index contributed by atoms with van der Waals surface area (Å²) in [6.07, 6.45) is 5.68. The van der Waals surface area contributed by atoms with Crippen molar-refractivity contribution in [3.63, 3.8) is 0 Å². The van der Waals surface area contributed by atoms with Crippen molar-refractivity contribution in [2.24, 2.45) is 0 Å². The maximum Gasteiger partial charge on any atom is 0.192 e. The van der Waals surface area contributed by atoms with Gasteiger partial charge < -0.3 is 4.43 Å². The second-order valence-electron chi connectivity index (χ2n) is 9.61. The summed E-state index contributed by atoms with van der Waals surface area (Å²) in [5, 5.41) is 0.259. The Labute approximate surface area is 150 Å². The first-order valence-electron chi connectivity index (χ1n) is 9.36. The van der Waals surface area contributed by atoms with Crippen molar-refractivity contribution in [1.82, 2.24) is 0 Å². The molecule has 0 aromatic heterocycles. The number of hydrogen-bond acceptors (Lipinski definition) is 1. The minimum Gasteiger partial charge on any atom is -0.413 e. The zero-order valence-electron chi connectivity index (χ0n) is 16.8. The van der Waals surface area contributed by atoms with Crippen LogP contribution in [0.25, 0.3) is 0 Å². The quantitative estimate of drug-likeness (QED) is 0.415. The van der Waals surface area contributed by atoms with Gasteiger partial charge in [-0.25, -0.2) is 0 Å². The van der Waals surface area contributed by atoms with Crippen LogP contribution in [-0.2, 0) is 16.4 Å². The molecule has 0 N–H and O–H groups in total. The third kappa shape index (κ3) is 4.03. The fourth-order valence-electron chi connectivity index (χ4n) is 3.39. The number of allylic oxidation sites excluding steroid dienone is 1. The Hall–Kier alpha value is -0.863. The van der Waals surface area contributed by atoms with Crippen LogP contribution in [0.1, 0.15) is 76.5 Å². The highest BCUT2D eigenvalue weighted by atomic mass is 28.4. The van der Waals surface area contributed by atoms with E-state index >= 15 is 0 Å². The lowest BCUT2D eigenvalue weighted by Crippen LogP contribution is -2.40. The monoisotopic (exact) mass is 344 g/mol. The lowest BCUT2D eigenvalue weighted by Gasteiger charge is -2.38. The standard InChI is InChI=1S/C22H36OSi/c1-9-10-18-13-14-22(5,6)20-15-17(11-12-19(18)20)16-23-24(7,8)21(2,3)4/h9,11-12,15,18H,1,10,13-14,16H2,2-8H3/t18-/m0/s1. The Morgan fingerprint density at radius 3 is 2.54 bits per heavy atom. The molecule has 2 heteroatoms. The molecule has 0 spiro atoms. The van der Waals surface area contributed by atoms with Gasteiger partial charge in [0.05, 0.1) is 6.61 Å². The SMILES string of the molecule is C=CC[C@H]1CCC(C)(C)c2cc(CO[Si](C)(C)C(C)(C)C)ccc21. The van der Waals surface area contributed by atoms with Crippen LogP contribution in [0.4, 0.5) is 0 Å². The van der Waals surface area contributed by atoms with E-state index in [-0.39, 0.29) is 10.5 Å². The van der Waals surface area contributed by atoms with Crippen molar-refractivity contribution in [1.29, 1.82) is 0 Å². The van der Waals surface area contributed by atoms with E-state index in [0.29, 0.717) is 5.92 Å². The van der Waals surface area contributed by atoms with Gasteiger partial charge >= 0.3 is 0 Å². The molecule has 1 aromatic carbocycles. The van der Waals surface area contributed by atoms with Crippen molar-refractivity contribution in [3.05, 3.63) is 47.5 Å². The molecule has 0 saturated heterocycles. The van der Waals surface area contributed by atoms with Crippen molar-refractivity contribution < 1.29 is 4.43 Å². The van der Waals surface area contributed by atoms with E-state index in [2.05, 4.69) is 78.6 Å². The molecule has 0 radical (unpaired) electrons. The first kappa shape index (κ1) is 19.5. The van der Waals surface area contributed by atoms with Crippen LogP contribution in [0, 0.1) is 0 Å². The van der Waals surface area contributed by atoms with E-state index in [1.807, 2.05) is 0 Å². The lowest BCUT2D eigenvalue weighted by molar-refractivity contribution is 0.275. The highest BCUT2D eigenvalue weighted by molar-refractivity contribution is 6.74. The largest absolute Gasteiger partial charge is 0.413 e. The molecule has 1 aromatic rings. The maximum absolute atomic E-state index is 6.44. The van der Waals surface area contributed by atoms with Gasteiger partial charge in [-0.1, -0.05) is 58.9 Å². The van der Waals surface area contributed by atoms with Crippen LogP contribution in [0.15, 0.2) is 30.9 Å². The van der Waals surface area contributed by atoms with Gasteiger partial charge in [0.15, 0.2) is 8.32 Å². The molecule has 0 saturated carbocycles. The lowest BCUT2D eigenvalue weighted by atomic mass is 9.68. The van der Waals surface area contributed by atoms with Crippen molar-refractivity contribution in [2.75, 3.05) is 0 Å². The first-order valence-corrected chi connectivity index (χ1v) is 12.3. The Kier molecular flexibility index (Phi) is 5.51. The van der Waals surface area contributed by atoms with Crippen LogP contribution in [0.5, 0.6) is 0 Å². The van der Waals surface area contributed by atoms with Gasteiger partial charge in [0.2, 0.25) is 0 Å². The van der Waals surface area contributed by atoms with Gasteiger partial charge in [0.25, 0.3) is 0 Å². The fourth-order valence-corrected chi connectivity index (χ4v) is 4.35. The predicted octanol–water partition coefficient (Wildman–Crippen LogP) is 6.94. The molecule has 2 rings (SSSR count). The van der Waals surface area contributed by atoms with Crippen molar-refractivity contribution >= 4 is 8.32 Å². The second-order valence-corrected chi connectivity index (χ2v) is 14.4. The molecule has 1 aliphatic rings. The average molecular weight is 345 g/mol. The summed E-state index contributed by atoms with van der Waals surface area (Å²) >= 11 is 0. The van der Waals surface area contributed by atoms with Gasteiger partial charge in [-0.3, -0.25) is 0 Å². The number of rotatable bonds is 5. The Balaban J connectivity index is 2.25. The first-order chi connectivity index (χ1) is 11.0. The summed E-state index contributed by atoms with van der Waals surface area (Å²) in [4.78, 5) is 0. The molecule has 0 bridgehead atoms. The van der Waals surface area contributed by atoms with Gasteiger partial charge in [-0.15, -0.1) is 6.58 Å². The normalized spacial score (nSPS) is 20.5. The predicted molar refractivity (Wildman–Crippen MR) is 108 cm³/mol. The van der Waals surface area contributed by atoms with E-state index in [1.54, 1.807) is 0 Å². The number of benzene rings is 1. The van der Waals surface area contributed by atoms with Crippen LogP contribution in [0.3, 0.4) is 0 Å². The minimum atomic E-state index is -1.70. The highest BCUT2D eigenvalue weighted by Crippen LogP contribution is 2.44. The summed E-state index contributed by atoms with van der Waals surface area (Å²) in [5.41, 5.74) is 4.64. The van der Waals surface area contributed by atoms with Crippen LogP contribution >= 0.6 is 0 Å². The van der Waals surface area contributed by atoms with Crippen LogP contribution in [-0.4, -0.2) is 8.32 Å². The number of hydrogen-bond donors (Lipinski definition) is 0. The van der Waals surface area contributed by atoms with Crippen molar-refractivity contribution in [3.8, 4) is 0 Å². The molecule has 0 fully saturated rings. The molecule has 1 aliphatic carbocycles. The molecular formula is C22H36OSi. The summed E-state index contributed by atoms with van der Waals surface area (Å²) in [7, 11) is -1.70. The summed E-state index contributed by atoms with van der Waals surface area (Å²) in [5.74, 6) is 0.640. The van der Waals surface area contributed by atoms with E-state index in [9.17, 15) is 0 Å². The zero-order valence-corrected chi connectivity index (χ0v) is 17.8. The van der Waals surface area contributed by atoms with Gasteiger partial charge in [0, 0.05) is 0 Å². The second kappa shape index (κ2) is 6.80. The third-order valence-corrected chi connectivity index (χ3v) is 10.7. The summed E-state index contributed by atoms with van der Waals surface area (Å²) in [6.45, 7) is 21.0. The summed E-state index contributed by atoms with van der Waals surface area (Å²) < 4.78 is 6.44. The topological polar surface area (TPSA) is 9.23 Å². The van der Waals surface area contributed by atoms with Crippen molar-refractivity contribution in [2.45, 2.75) is 90.0 Å². The van der Waals surface area contributed by atoms with Crippen LogP contribution < -0.4 is 0 Å². The average Bonchev–Trinajstić information content (AvgIpc) is 2.47. The highest BCUT2D eigenvalue weighted by Gasteiger charge is 2.37. The Morgan fingerprint density at radius 2 is 1.96 bits per heavy atom.